The van der Waals surface area contributed by atoms with E-state index in [0.29, 0.717) is 5.92 Å². The molecule has 0 radical (unpaired) electrons. The summed E-state index contributed by atoms with van der Waals surface area (Å²) in [5.41, 5.74) is 7.63. The van der Waals surface area contributed by atoms with Crippen molar-refractivity contribution in [3.05, 3.63) is 0 Å². The molecule has 0 rings (SSSR count). The molecule has 0 aliphatic carbocycles. The van der Waals surface area contributed by atoms with Gasteiger partial charge in [0, 0.05) is 0 Å². The summed E-state index contributed by atoms with van der Waals surface area (Å²) in [6.45, 7) is 4.20. The van der Waals surface area contributed by atoms with E-state index in [1.54, 1.807) is 0 Å². The second kappa shape index (κ2) is 4.69. The number of nitrogens with one attached hydrogen (secondary N) is 1. The van der Waals surface area contributed by atoms with Gasteiger partial charge in [0.05, 0.1) is 6.73 Å². The molecule has 0 aromatic rings. The quantitative estimate of drug-likeness (QED) is 0.271. The van der Waals surface area contributed by atoms with Crippen molar-refractivity contribution < 1.29 is 4.74 Å². The molecule has 4 heteroatoms. The maximum atomic E-state index is 5.13. The first-order chi connectivity index (χ1) is 4.22. The molecule has 0 saturated carbocycles. The summed E-state index contributed by atoms with van der Waals surface area (Å²) in [4.78, 5) is 0. The molecule has 0 saturated heterocycles. The molecule has 1 unspecified atom stereocenters. The molecule has 1 atom stereocenters. The lowest BCUT2D eigenvalue weighted by Gasteiger charge is -2.18. The first-order valence-electron chi connectivity index (χ1n) is 3.00. The highest BCUT2D eigenvalue weighted by Crippen LogP contribution is 1.99. The van der Waals surface area contributed by atoms with Crippen LogP contribution in [-0.4, -0.2) is 13.0 Å². The minimum atomic E-state index is -0.130. The van der Waals surface area contributed by atoms with Crippen LogP contribution in [0.1, 0.15) is 13.8 Å². The lowest BCUT2D eigenvalue weighted by atomic mass is 10.2. The van der Waals surface area contributed by atoms with Crippen LogP contribution in [-0.2, 0) is 4.74 Å². The molecule has 0 aromatic heterocycles. The van der Waals surface area contributed by atoms with E-state index in [0.717, 1.165) is 0 Å². The molecule has 0 aliphatic heterocycles. The third-order valence-electron chi connectivity index (χ3n) is 1.05. The van der Waals surface area contributed by atoms with Gasteiger partial charge in [-0.05, 0) is 5.92 Å². The zero-order valence-electron chi connectivity index (χ0n) is 5.92. The van der Waals surface area contributed by atoms with Gasteiger partial charge in [-0.15, -0.1) is 0 Å². The van der Waals surface area contributed by atoms with E-state index < -0.39 is 0 Å². The Labute approximate surface area is 55.5 Å². The third kappa shape index (κ3) is 3.42. The summed E-state index contributed by atoms with van der Waals surface area (Å²) in [6.07, 6.45) is -0.130. The van der Waals surface area contributed by atoms with Crippen molar-refractivity contribution in [3.8, 4) is 0 Å². The molecule has 0 spiro atoms. The van der Waals surface area contributed by atoms with E-state index in [1.165, 1.54) is 0 Å². The second-order valence-corrected chi connectivity index (χ2v) is 2.16. The molecule has 4 nitrogen and oxygen atoms in total. The predicted octanol–water partition coefficient (Wildman–Crippen LogP) is -0.635. The standard InChI is InChI=1S/C5H15N3O/c1-4(2)5(8-7)9-3-6/h4-5,8H,3,6-7H2,1-2H3. The van der Waals surface area contributed by atoms with Crippen LogP contribution in [0.2, 0.25) is 0 Å². The van der Waals surface area contributed by atoms with Crippen molar-refractivity contribution in [2.75, 3.05) is 6.73 Å². The Kier molecular flexibility index (Phi) is 4.61. The largest absolute Gasteiger partial charge is 0.347 e. The summed E-state index contributed by atoms with van der Waals surface area (Å²) in [5, 5.41) is 0. The van der Waals surface area contributed by atoms with Crippen LogP contribution < -0.4 is 17.0 Å². The Morgan fingerprint density at radius 2 is 2.11 bits per heavy atom. The Morgan fingerprint density at radius 3 is 2.22 bits per heavy atom. The van der Waals surface area contributed by atoms with E-state index in [1.807, 2.05) is 13.8 Å². The molecular formula is C5H15N3O. The number of hydrogen-bond acceptors (Lipinski definition) is 4. The van der Waals surface area contributed by atoms with Crippen molar-refractivity contribution in [3.63, 3.8) is 0 Å². The van der Waals surface area contributed by atoms with Crippen LogP contribution >= 0.6 is 0 Å². The highest BCUT2D eigenvalue weighted by atomic mass is 16.5. The van der Waals surface area contributed by atoms with Crippen LogP contribution in [0.3, 0.4) is 0 Å². The van der Waals surface area contributed by atoms with Crippen molar-refractivity contribution in [2.24, 2.45) is 17.5 Å². The minimum absolute atomic E-state index is 0.130. The van der Waals surface area contributed by atoms with Gasteiger partial charge in [-0.25, -0.2) is 5.43 Å². The smallest absolute Gasteiger partial charge is 0.124 e. The van der Waals surface area contributed by atoms with E-state index in [4.69, 9.17) is 16.3 Å². The lowest BCUT2D eigenvalue weighted by Crippen LogP contribution is -2.42. The summed E-state index contributed by atoms with van der Waals surface area (Å²) in [7, 11) is 0. The third-order valence-corrected chi connectivity index (χ3v) is 1.05. The van der Waals surface area contributed by atoms with Gasteiger partial charge in [-0.3, -0.25) is 5.84 Å². The van der Waals surface area contributed by atoms with Crippen LogP contribution in [0.5, 0.6) is 0 Å². The van der Waals surface area contributed by atoms with Crippen LogP contribution in [0.4, 0.5) is 0 Å². The molecular weight excluding hydrogens is 118 g/mol. The average molecular weight is 133 g/mol. The Bertz CT molecular complexity index is 67.2. The van der Waals surface area contributed by atoms with Gasteiger partial charge in [0.25, 0.3) is 0 Å². The average Bonchev–Trinajstić information content (AvgIpc) is 1.82. The normalized spacial score (nSPS) is 14.3. The van der Waals surface area contributed by atoms with Crippen molar-refractivity contribution >= 4 is 0 Å². The molecule has 5 N–H and O–H groups in total. The van der Waals surface area contributed by atoms with Crippen molar-refractivity contribution in [1.82, 2.24) is 5.43 Å². The first-order valence-corrected chi connectivity index (χ1v) is 3.00. The number of hydrazine groups is 1. The van der Waals surface area contributed by atoms with Gasteiger partial charge in [-0.2, -0.15) is 0 Å². The van der Waals surface area contributed by atoms with E-state index in [2.05, 4.69) is 5.43 Å². The molecule has 9 heavy (non-hydrogen) atoms. The Morgan fingerprint density at radius 1 is 1.56 bits per heavy atom. The first kappa shape index (κ1) is 8.84. The van der Waals surface area contributed by atoms with Gasteiger partial charge >= 0.3 is 0 Å². The summed E-state index contributed by atoms with van der Waals surface area (Å²) in [5.74, 6) is 5.48. The molecule has 0 amide bonds. The van der Waals surface area contributed by atoms with Gasteiger partial charge in [0.1, 0.15) is 6.23 Å². The van der Waals surface area contributed by atoms with Crippen molar-refractivity contribution in [2.45, 2.75) is 20.1 Å². The topological polar surface area (TPSA) is 73.3 Å². The maximum absolute atomic E-state index is 5.13. The Hall–Kier alpha value is -0.160. The van der Waals surface area contributed by atoms with Gasteiger partial charge < -0.3 is 10.5 Å². The molecule has 56 valence electrons. The number of nitrogens with two attached hydrogens (primary N) is 2. The molecule has 0 aromatic carbocycles. The van der Waals surface area contributed by atoms with Gasteiger partial charge in [-0.1, -0.05) is 13.8 Å². The minimum Gasteiger partial charge on any atom is -0.347 e. The van der Waals surface area contributed by atoms with Gasteiger partial charge in [0.2, 0.25) is 0 Å². The van der Waals surface area contributed by atoms with Crippen LogP contribution in [0.25, 0.3) is 0 Å². The van der Waals surface area contributed by atoms with Crippen LogP contribution in [0, 0.1) is 5.92 Å². The molecule has 0 heterocycles. The highest BCUT2D eigenvalue weighted by Gasteiger charge is 2.08. The SMILES string of the molecule is CC(C)C(NN)OCN. The molecule has 0 bridgehead atoms. The zero-order chi connectivity index (χ0) is 7.28. The van der Waals surface area contributed by atoms with E-state index >= 15 is 0 Å². The number of ether oxygens (including phenoxy) is 1. The second-order valence-electron chi connectivity index (χ2n) is 2.16. The number of rotatable bonds is 4. The summed E-state index contributed by atoms with van der Waals surface area (Å²) in [6, 6.07) is 0. The number of hydrogen-bond donors (Lipinski definition) is 3. The lowest BCUT2D eigenvalue weighted by molar-refractivity contribution is 0.00262. The predicted molar refractivity (Wildman–Crippen MR) is 36.1 cm³/mol. The Balaban J connectivity index is 3.41. The van der Waals surface area contributed by atoms with Crippen molar-refractivity contribution in [1.29, 1.82) is 0 Å². The molecule has 0 fully saturated rings. The fourth-order valence-electron chi connectivity index (χ4n) is 0.537. The zero-order valence-corrected chi connectivity index (χ0v) is 5.92. The van der Waals surface area contributed by atoms with E-state index in [-0.39, 0.29) is 13.0 Å². The fraction of sp³-hybridized carbons (Fsp3) is 1.00. The van der Waals surface area contributed by atoms with Crippen LogP contribution in [0.15, 0.2) is 0 Å². The molecule has 0 aliphatic rings. The summed E-state index contributed by atoms with van der Waals surface area (Å²) >= 11 is 0. The van der Waals surface area contributed by atoms with Gasteiger partial charge in [0.15, 0.2) is 0 Å². The summed E-state index contributed by atoms with van der Waals surface area (Å²) < 4.78 is 4.99. The monoisotopic (exact) mass is 133 g/mol. The fourth-order valence-corrected chi connectivity index (χ4v) is 0.537. The maximum Gasteiger partial charge on any atom is 0.124 e. The van der Waals surface area contributed by atoms with E-state index in [9.17, 15) is 0 Å². The highest BCUT2D eigenvalue weighted by molar-refractivity contribution is 4.53.